The third kappa shape index (κ3) is 7.32. The van der Waals surface area contributed by atoms with E-state index in [9.17, 15) is 16.8 Å². The molecule has 0 unspecified atom stereocenters. The summed E-state index contributed by atoms with van der Waals surface area (Å²) in [6.45, 7) is 4.25. The van der Waals surface area contributed by atoms with Crippen molar-refractivity contribution in [3.05, 3.63) is 30.3 Å². The molecule has 0 aromatic heterocycles. The van der Waals surface area contributed by atoms with Gasteiger partial charge in [0.15, 0.2) is 0 Å². The lowest BCUT2D eigenvalue weighted by Crippen LogP contribution is -2.31. The molecule has 0 saturated heterocycles. The maximum Gasteiger partial charge on any atom is 0.234 e. The highest BCUT2D eigenvalue weighted by molar-refractivity contribution is 7.92. The summed E-state index contributed by atoms with van der Waals surface area (Å²) in [4.78, 5) is 0. The van der Waals surface area contributed by atoms with E-state index in [2.05, 4.69) is 4.72 Å². The molecular formula is C15H26N2O4S2. The number of hydrogen-bond acceptors (Lipinski definition) is 4. The van der Waals surface area contributed by atoms with Gasteiger partial charge in [0.2, 0.25) is 20.0 Å². The lowest BCUT2D eigenvalue weighted by atomic mass is 10.2. The predicted molar refractivity (Wildman–Crippen MR) is 94.5 cm³/mol. The SMILES string of the molecule is CC(C)CNS(=O)(=O)CCCCS(=O)(=O)N(C)c1ccccc1. The number of nitrogens with one attached hydrogen (secondary N) is 1. The van der Waals surface area contributed by atoms with Crippen molar-refractivity contribution in [2.45, 2.75) is 26.7 Å². The van der Waals surface area contributed by atoms with Gasteiger partial charge in [-0.2, -0.15) is 0 Å². The number of anilines is 1. The number of sulfonamides is 2. The minimum atomic E-state index is -3.44. The molecule has 23 heavy (non-hydrogen) atoms. The topological polar surface area (TPSA) is 83.5 Å². The van der Waals surface area contributed by atoms with Crippen LogP contribution in [0.4, 0.5) is 5.69 Å². The quantitative estimate of drug-likeness (QED) is 0.644. The maximum atomic E-state index is 12.2. The zero-order chi connectivity index (χ0) is 17.5. The van der Waals surface area contributed by atoms with Gasteiger partial charge in [-0.3, -0.25) is 4.31 Å². The van der Waals surface area contributed by atoms with Crippen molar-refractivity contribution in [1.82, 2.24) is 4.72 Å². The van der Waals surface area contributed by atoms with Crippen molar-refractivity contribution in [3.63, 3.8) is 0 Å². The minimum Gasteiger partial charge on any atom is -0.273 e. The van der Waals surface area contributed by atoms with E-state index >= 15 is 0 Å². The largest absolute Gasteiger partial charge is 0.273 e. The molecule has 0 heterocycles. The van der Waals surface area contributed by atoms with Crippen molar-refractivity contribution in [2.24, 2.45) is 5.92 Å². The summed E-state index contributed by atoms with van der Waals surface area (Å²) in [5.41, 5.74) is 0.596. The molecule has 1 rings (SSSR count). The van der Waals surface area contributed by atoms with Crippen LogP contribution in [0.25, 0.3) is 0 Å². The second-order valence-electron chi connectivity index (χ2n) is 5.89. The average Bonchev–Trinajstić information content (AvgIpc) is 2.50. The molecule has 0 spiro atoms. The number of nitrogens with zero attached hydrogens (tertiary/aromatic N) is 1. The van der Waals surface area contributed by atoms with E-state index in [0.717, 1.165) is 0 Å². The molecule has 6 nitrogen and oxygen atoms in total. The first-order valence-corrected chi connectivity index (χ1v) is 10.9. The highest BCUT2D eigenvalue weighted by atomic mass is 32.2. The van der Waals surface area contributed by atoms with Gasteiger partial charge < -0.3 is 0 Å². The Kier molecular flexibility index (Phi) is 7.50. The van der Waals surface area contributed by atoms with Gasteiger partial charge >= 0.3 is 0 Å². The molecule has 0 aliphatic heterocycles. The summed E-state index contributed by atoms with van der Waals surface area (Å²) in [6, 6.07) is 8.80. The Morgan fingerprint density at radius 2 is 1.57 bits per heavy atom. The fourth-order valence-electron chi connectivity index (χ4n) is 1.88. The molecule has 1 N–H and O–H groups in total. The number of benzene rings is 1. The highest BCUT2D eigenvalue weighted by Crippen LogP contribution is 2.16. The van der Waals surface area contributed by atoms with E-state index in [1.54, 1.807) is 24.3 Å². The smallest absolute Gasteiger partial charge is 0.234 e. The van der Waals surface area contributed by atoms with Crippen LogP contribution in [0, 0.1) is 5.92 Å². The molecule has 8 heteroatoms. The Morgan fingerprint density at radius 3 is 2.13 bits per heavy atom. The van der Waals surface area contributed by atoms with Crippen LogP contribution in [0.1, 0.15) is 26.7 Å². The standard InChI is InChI=1S/C15H26N2O4S2/c1-14(2)13-16-22(18,19)11-7-8-12-23(20,21)17(3)15-9-5-4-6-10-15/h4-6,9-10,14,16H,7-8,11-13H2,1-3H3. The molecule has 0 aliphatic rings. The lowest BCUT2D eigenvalue weighted by molar-refractivity contribution is 0.556. The van der Waals surface area contributed by atoms with Crippen molar-refractivity contribution < 1.29 is 16.8 Å². The van der Waals surface area contributed by atoms with Gasteiger partial charge in [0.1, 0.15) is 0 Å². The van der Waals surface area contributed by atoms with Crippen molar-refractivity contribution in [2.75, 3.05) is 29.4 Å². The van der Waals surface area contributed by atoms with E-state index < -0.39 is 20.0 Å². The van der Waals surface area contributed by atoms with Gasteiger partial charge in [-0.05, 0) is 30.9 Å². The van der Waals surface area contributed by atoms with Crippen molar-refractivity contribution in [3.8, 4) is 0 Å². The van der Waals surface area contributed by atoms with Crippen LogP contribution in [0.15, 0.2) is 30.3 Å². The first-order valence-electron chi connectivity index (χ1n) is 7.63. The molecule has 132 valence electrons. The summed E-state index contributed by atoms with van der Waals surface area (Å²) in [6.07, 6.45) is 0.622. The number of para-hydroxylation sites is 1. The molecule has 1 aromatic rings. The van der Waals surface area contributed by atoms with Crippen LogP contribution in [-0.4, -0.2) is 41.9 Å². The Hall–Kier alpha value is -1.12. The molecule has 0 amide bonds. The zero-order valence-electron chi connectivity index (χ0n) is 13.9. The third-order valence-electron chi connectivity index (χ3n) is 3.31. The van der Waals surface area contributed by atoms with Gasteiger partial charge in [0, 0.05) is 13.6 Å². The Balaban J connectivity index is 2.45. The monoisotopic (exact) mass is 362 g/mol. The zero-order valence-corrected chi connectivity index (χ0v) is 15.5. The van der Waals surface area contributed by atoms with Gasteiger partial charge in [-0.25, -0.2) is 21.6 Å². The van der Waals surface area contributed by atoms with Gasteiger partial charge in [-0.1, -0.05) is 32.0 Å². The molecule has 0 radical (unpaired) electrons. The van der Waals surface area contributed by atoms with Crippen LogP contribution in [0.5, 0.6) is 0 Å². The van der Waals surface area contributed by atoms with Gasteiger partial charge in [-0.15, -0.1) is 0 Å². The highest BCUT2D eigenvalue weighted by Gasteiger charge is 2.18. The molecule has 0 atom stereocenters. The normalized spacial score (nSPS) is 12.5. The van der Waals surface area contributed by atoms with Crippen LogP contribution in [0.3, 0.4) is 0 Å². The van der Waals surface area contributed by atoms with Gasteiger partial charge in [0.25, 0.3) is 0 Å². The second kappa shape index (κ2) is 8.65. The van der Waals surface area contributed by atoms with Crippen molar-refractivity contribution >= 4 is 25.7 Å². The minimum absolute atomic E-state index is 0.0513. The van der Waals surface area contributed by atoms with Crippen molar-refractivity contribution in [1.29, 1.82) is 0 Å². The molecule has 0 fully saturated rings. The van der Waals surface area contributed by atoms with Crippen LogP contribution in [-0.2, 0) is 20.0 Å². The first kappa shape index (κ1) is 19.9. The van der Waals surface area contributed by atoms with E-state index in [1.807, 2.05) is 19.9 Å². The fourth-order valence-corrected chi connectivity index (χ4v) is 4.48. The fraction of sp³-hybridized carbons (Fsp3) is 0.600. The Labute approximate surface area is 140 Å². The average molecular weight is 363 g/mol. The maximum absolute atomic E-state index is 12.2. The molecule has 1 aromatic carbocycles. The number of unbranched alkanes of at least 4 members (excludes halogenated alkanes) is 1. The van der Waals surface area contributed by atoms with Crippen LogP contribution < -0.4 is 9.03 Å². The van der Waals surface area contributed by atoms with E-state index in [1.165, 1.54) is 11.4 Å². The predicted octanol–water partition coefficient (Wildman–Crippen LogP) is 1.81. The van der Waals surface area contributed by atoms with Crippen LogP contribution >= 0.6 is 0 Å². The van der Waals surface area contributed by atoms with E-state index in [-0.39, 0.29) is 17.4 Å². The second-order valence-corrected chi connectivity index (χ2v) is 9.93. The summed E-state index contributed by atoms with van der Waals surface area (Å²) < 4.78 is 51.7. The number of hydrogen-bond donors (Lipinski definition) is 1. The van der Waals surface area contributed by atoms with Crippen LogP contribution in [0.2, 0.25) is 0 Å². The van der Waals surface area contributed by atoms with E-state index in [0.29, 0.717) is 25.1 Å². The first-order chi connectivity index (χ1) is 10.6. The Bertz CT molecular complexity index is 671. The molecule has 0 saturated carbocycles. The molecular weight excluding hydrogens is 336 g/mol. The lowest BCUT2D eigenvalue weighted by Gasteiger charge is -2.19. The summed E-state index contributed by atoms with van der Waals surface area (Å²) in [5.74, 6) is 0.118. The summed E-state index contributed by atoms with van der Waals surface area (Å²) in [5, 5.41) is 0. The Morgan fingerprint density at radius 1 is 1.00 bits per heavy atom. The summed E-state index contributed by atoms with van der Waals surface area (Å²) in [7, 11) is -5.26. The van der Waals surface area contributed by atoms with Gasteiger partial charge in [0.05, 0.1) is 17.2 Å². The molecule has 0 aliphatic carbocycles. The van der Waals surface area contributed by atoms with E-state index in [4.69, 9.17) is 0 Å². The number of rotatable bonds is 10. The third-order valence-corrected chi connectivity index (χ3v) is 6.60. The molecule has 0 bridgehead atoms. The summed E-state index contributed by atoms with van der Waals surface area (Å²) >= 11 is 0.